The van der Waals surface area contributed by atoms with Gasteiger partial charge < -0.3 is 15.0 Å². The molecule has 8 heteroatoms. The van der Waals surface area contributed by atoms with Gasteiger partial charge in [-0.25, -0.2) is 0 Å². The number of thiophene rings is 1. The highest BCUT2D eigenvalue weighted by atomic mass is 35.5. The zero-order valence-corrected chi connectivity index (χ0v) is 15.9. The first kappa shape index (κ1) is 17.7. The highest BCUT2D eigenvalue weighted by Gasteiger charge is 2.24. The predicted molar refractivity (Wildman–Crippen MR) is 102 cm³/mol. The quantitative estimate of drug-likeness (QED) is 0.863. The monoisotopic (exact) mass is 392 g/mol. The van der Waals surface area contributed by atoms with Crippen LogP contribution >= 0.6 is 22.9 Å². The standard InChI is InChI=1S/C18H21ClN4O2S/c19-16-5-6-17(22-21-16)23-9-7-12(8-10-23)20-18(24)15-4-3-14(26-15)13-2-1-11-25-13/h3-6,12-13H,1-2,7-11H2,(H,20,24)/t13-/m1/s1. The van der Waals surface area contributed by atoms with Gasteiger partial charge in [-0.3, -0.25) is 4.79 Å². The summed E-state index contributed by atoms with van der Waals surface area (Å²) in [4.78, 5) is 16.6. The van der Waals surface area contributed by atoms with Crippen molar-refractivity contribution in [1.82, 2.24) is 15.5 Å². The van der Waals surface area contributed by atoms with Gasteiger partial charge >= 0.3 is 0 Å². The smallest absolute Gasteiger partial charge is 0.261 e. The van der Waals surface area contributed by atoms with Gasteiger partial charge in [0.1, 0.15) is 0 Å². The van der Waals surface area contributed by atoms with Gasteiger partial charge in [0, 0.05) is 30.6 Å². The van der Waals surface area contributed by atoms with Crippen molar-refractivity contribution in [3.05, 3.63) is 39.2 Å². The van der Waals surface area contributed by atoms with E-state index in [1.807, 2.05) is 18.2 Å². The molecule has 26 heavy (non-hydrogen) atoms. The summed E-state index contributed by atoms with van der Waals surface area (Å²) in [5, 5.41) is 11.6. The van der Waals surface area contributed by atoms with Crippen LogP contribution in [0.4, 0.5) is 5.82 Å². The first-order chi connectivity index (χ1) is 12.7. The molecule has 0 aromatic carbocycles. The van der Waals surface area contributed by atoms with E-state index in [4.69, 9.17) is 16.3 Å². The molecule has 0 unspecified atom stereocenters. The van der Waals surface area contributed by atoms with Crippen molar-refractivity contribution < 1.29 is 9.53 Å². The normalized spacial score (nSPS) is 21.1. The van der Waals surface area contributed by atoms with E-state index in [2.05, 4.69) is 20.4 Å². The van der Waals surface area contributed by atoms with Crippen molar-refractivity contribution >= 4 is 34.7 Å². The second kappa shape index (κ2) is 7.90. The molecule has 2 aromatic heterocycles. The van der Waals surface area contributed by atoms with Crippen LogP contribution in [0.3, 0.4) is 0 Å². The van der Waals surface area contributed by atoms with Crippen molar-refractivity contribution in [2.24, 2.45) is 0 Å². The van der Waals surface area contributed by atoms with Crippen LogP contribution in [-0.4, -0.2) is 41.8 Å². The molecule has 4 rings (SSSR count). The number of rotatable bonds is 4. The molecular formula is C18H21ClN4O2S. The van der Waals surface area contributed by atoms with Gasteiger partial charge in [-0.15, -0.1) is 21.5 Å². The highest BCUT2D eigenvalue weighted by Crippen LogP contribution is 2.33. The zero-order chi connectivity index (χ0) is 17.9. The summed E-state index contributed by atoms with van der Waals surface area (Å²) in [6, 6.07) is 7.76. The first-order valence-electron chi connectivity index (χ1n) is 8.95. The molecule has 2 aromatic rings. The lowest BCUT2D eigenvalue weighted by molar-refractivity contribution is 0.0935. The summed E-state index contributed by atoms with van der Waals surface area (Å²) < 4.78 is 5.70. The third kappa shape index (κ3) is 4.00. The lowest BCUT2D eigenvalue weighted by atomic mass is 10.0. The molecule has 2 saturated heterocycles. The lowest BCUT2D eigenvalue weighted by Gasteiger charge is -2.32. The largest absolute Gasteiger partial charge is 0.373 e. The minimum absolute atomic E-state index is 0.0176. The van der Waals surface area contributed by atoms with Crippen LogP contribution in [0.5, 0.6) is 0 Å². The minimum atomic E-state index is 0.0176. The number of carbonyl (C=O) groups excluding carboxylic acids is 1. The molecule has 0 spiro atoms. The topological polar surface area (TPSA) is 67.4 Å². The molecule has 2 aliphatic rings. The van der Waals surface area contributed by atoms with Gasteiger partial charge in [0.25, 0.3) is 5.91 Å². The van der Waals surface area contributed by atoms with Gasteiger partial charge in [-0.2, -0.15) is 0 Å². The van der Waals surface area contributed by atoms with Crippen molar-refractivity contribution in [1.29, 1.82) is 0 Å². The molecule has 4 heterocycles. The van der Waals surface area contributed by atoms with Gasteiger partial charge in [0.15, 0.2) is 11.0 Å². The van der Waals surface area contributed by atoms with Crippen LogP contribution in [0.15, 0.2) is 24.3 Å². The van der Waals surface area contributed by atoms with Gasteiger partial charge in [-0.05, 0) is 49.9 Å². The van der Waals surface area contributed by atoms with Crippen LogP contribution in [0.2, 0.25) is 5.15 Å². The van der Waals surface area contributed by atoms with E-state index in [1.165, 1.54) is 0 Å². The van der Waals surface area contributed by atoms with E-state index in [0.29, 0.717) is 5.15 Å². The Kier molecular flexibility index (Phi) is 5.38. The Labute approximate surface area is 161 Å². The molecule has 0 aliphatic carbocycles. The van der Waals surface area contributed by atoms with Crippen molar-refractivity contribution in [2.75, 3.05) is 24.6 Å². The average Bonchev–Trinajstić information content (AvgIpc) is 3.35. The second-order valence-electron chi connectivity index (χ2n) is 6.65. The summed E-state index contributed by atoms with van der Waals surface area (Å²) in [7, 11) is 0. The molecule has 2 aliphatic heterocycles. The molecule has 6 nitrogen and oxygen atoms in total. The Hall–Kier alpha value is -1.70. The summed E-state index contributed by atoms with van der Waals surface area (Å²) in [5.41, 5.74) is 0. The third-order valence-electron chi connectivity index (χ3n) is 4.87. The average molecular weight is 393 g/mol. The Bertz CT molecular complexity index is 753. The molecule has 2 fully saturated rings. The van der Waals surface area contributed by atoms with Crippen LogP contribution in [-0.2, 0) is 4.74 Å². The summed E-state index contributed by atoms with van der Waals surface area (Å²) in [6.45, 7) is 2.50. The van der Waals surface area contributed by atoms with E-state index in [0.717, 1.165) is 61.0 Å². The SMILES string of the molecule is O=C(NC1CCN(c2ccc(Cl)nn2)CC1)c1ccc([C@H]2CCCO2)s1. The lowest BCUT2D eigenvalue weighted by Crippen LogP contribution is -2.44. The molecular weight excluding hydrogens is 372 g/mol. The molecule has 0 saturated carbocycles. The maximum Gasteiger partial charge on any atom is 0.261 e. The van der Waals surface area contributed by atoms with Crippen LogP contribution in [0.1, 0.15) is 46.3 Å². The van der Waals surface area contributed by atoms with Gasteiger partial charge in [-0.1, -0.05) is 11.6 Å². The third-order valence-corrected chi connectivity index (χ3v) is 6.25. The number of carbonyl (C=O) groups is 1. The molecule has 138 valence electrons. The number of ether oxygens (including phenoxy) is 1. The van der Waals surface area contributed by atoms with Gasteiger partial charge in [0.05, 0.1) is 11.0 Å². The number of amides is 1. The molecule has 0 radical (unpaired) electrons. The zero-order valence-electron chi connectivity index (χ0n) is 14.4. The van der Waals surface area contributed by atoms with E-state index < -0.39 is 0 Å². The summed E-state index contributed by atoms with van der Waals surface area (Å²) in [5.74, 6) is 0.850. The number of piperidine rings is 1. The molecule has 1 N–H and O–H groups in total. The number of nitrogens with zero attached hydrogens (tertiary/aromatic N) is 3. The Morgan fingerprint density at radius 1 is 1.19 bits per heavy atom. The van der Waals surface area contributed by atoms with E-state index in [1.54, 1.807) is 17.4 Å². The van der Waals surface area contributed by atoms with Crippen molar-refractivity contribution in [2.45, 2.75) is 37.8 Å². The summed E-state index contributed by atoms with van der Waals surface area (Å²) >= 11 is 7.33. The highest BCUT2D eigenvalue weighted by molar-refractivity contribution is 7.14. The summed E-state index contributed by atoms with van der Waals surface area (Å²) in [6.07, 6.45) is 4.10. The number of aromatic nitrogens is 2. The molecule has 1 atom stereocenters. The van der Waals surface area contributed by atoms with E-state index >= 15 is 0 Å². The number of hydrogen-bond donors (Lipinski definition) is 1. The maximum absolute atomic E-state index is 12.5. The van der Waals surface area contributed by atoms with Crippen LogP contribution < -0.4 is 10.2 Å². The predicted octanol–water partition coefficient (Wildman–Crippen LogP) is 3.44. The van der Waals surface area contributed by atoms with Crippen LogP contribution in [0.25, 0.3) is 0 Å². The molecule has 0 bridgehead atoms. The number of nitrogens with one attached hydrogen (secondary N) is 1. The fourth-order valence-electron chi connectivity index (χ4n) is 3.44. The van der Waals surface area contributed by atoms with E-state index in [9.17, 15) is 4.79 Å². The molecule has 1 amide bonds. The Morgan fingerprint density at radius 2 is 2.04 bits per heavy atom. The second-order valence-corrected chi connectivity index (χ2v) is 8.16. The Balaban J connectivity index is 1.30. The number of hydrogen-bond acceptors (Lipinski definition) is 6. The fraction of sp³-hybridized carbons (Fsp3) is 0.500. The minimum Gasteiger partial charge on any atom is -0.373 e. The fourth-order valence-corrected chi connectivity index (χ4v) is 4.53. The first-order valence-corrected chi connectivity index (χ1v) is 10.1. The Morgan fingerprint density at radius 3 is 2.73 bits per heavy atom. The maximum atomic E-state index is 12.5. The van der Waals surface area contributed by atoms with Crippen molar-refractivity contribution in [3.8, 4) is 0 Å². The van der Waals surface area contributed by atoms with Crippen LogP contribution in [0, 0.1) is 0 Å². The number of anilines is 1. The van der Waals surface area contributed by atoms with E-state index in [-0.39, 0.29) is 18.1 Å². The van der Waals surface area contributed by atoms with Crippen molar-refractivity contribution in [3.63, 3.8) is 0 Å². The van der Waals surface area contributed by atoms with Gasteiger partial charge in [0.2, 0.25) is 0 Å². The number of halogens is 1.